The summed E-state index contributed by atoms with van der Waals surface area (Å²) in [5.74, 6) is 1.39. The van der Waals surface area contributed by atoms with Crippen LogP contribution in [-0.2, 0) is 0 Å². The number of nitrogens with one attached hydrogen (secondary N) is 1. The molecule has 20 heavy (non-hydrogen) atoms. The van der Waals surface area contributed by atoms with E-state index in [4.69, 9.17) is 4.74 Å². The molecule has 0 bridgehead atoms. The number of hydrogen-bond donors (Lipinski definition) is 1. The molecule has 0 saturated carbocycles. The second-order valence-electron chi connectivity index (χ2n) is 5.83. The van der Waals surface area contributed by atoms with Crippen LogP contribution < -0.4 is 15.0 Å². The lowest BCUT2D eigenvalue weighted by Crippen LogP contribution is -2.51. The molecule has 2 fully saturated rings. The number of aromatic nitrogens is 2. The number of rotatable bonds is 2. The smallest absolute Gasteiger partial charge is 0.232 e. The van der Waals surface area contributed by atoms with E-state index < -0.39 is 0 Å². The Morgan fingerprint density at radius 2 is 2.25 bits per heavy atom. The van der Waals surface area contributed by atoms with Crippen molar-refractivity contribution in [2.24, 2.45) is 5.41 Å². The van der Waals surface area contributed by atoms with Gasteiger partial charge in [-0.15, -0.1) is 0 Å². The number of piperidine rings is 2. The van der Waals surface area contributed by atoms with E-state index in [2.05, 4.69) is 36.1 Å². The van der Waals surface area contributed by atoms with Crippen molar-refractivity contribution in [1.82, 2.24) is 15.3 Å². The summed E-state index contributed by atoms with van der Waals surface area (Å²) >= 11 is 3.41. The molecule has 0 aromatic carbocycles. The minimum absolute atomic E-state index is 0.403. The fourth-order valence-corrected chi connectivity index (χ4v) is 3.75. The maximum Gasteiger partial charge on any atom is 0.232 e. The number of anilines is 1. The van der Waals surface area contributed by atoms with Gasteiger partial charge in [-0.05, 0) is 48.2 Å². The van der Waals surface area contributed by atoms with E-state index in [-0.39, 0.29) is 0 Å². The van der Waals surface area contributed by atoms with Crippen molar-refractivity contribution < 1.29 is 4.74 Å². The monoisotopic (exact) mass is 340 g/mol. The van der Waals surface area contributed by atoms with Crippen molar-refractivity contribution in [1.29, 1.82) is 0 Å². The van der Waals surface area contributed by atoms with Gasteiger partial charge in [0.05, 0.1) is 17.8 Å². The van der Waals surface area contributed by atoms with E-state index >= 15 is 0 Å². The molecule has 3 heterocycles. The number of halogens is 1. The molecule has 1 aromatic rings. The largest absolute Gasteiger partial charge is 0.480 e. The Kier molecular flexibility index (Phi) is 4.12. The second-order valence-corrected chi connectivity index (χ2v) is 6.69. The lowest BCUT2D eigenvalue weighted by molar-refractivity contribution is 0.172. The summed E-state index contributed by atoms with van der Waals surface area (Å²) in [5.41, 5.74) is 0.403. The molecule has 0 radical (unpaired) electrons. The molecule has 3 rings (SSSR count). The third kappa shape index (κ3) is 2.76. The van der Waals surface area contributed by atoms with Gasteiger partial charge in [0.15, 0.2) is 0 Å². The standard InChI is InChI=1S/C14H21BrN4O/c1-20-12-11(15)8-17-13(18-12)19-7-3-5-14(10-19)4-2-6-16-9-14/h8,16H,2-7,9-10H2,1H3. The fraction of sp³-hybridized carbons (Fsp3) is 0.714. The molecule has 2 aliphatic heterocycles. The van der Waals surface area contributed by atoms with E-state index in [0.29, 0.717) is 11.3 Å². The molecule has 2 saturated heterocycles. The van der Waals surface area contributed by atoms with Gasteiger partial charge in [0.1, 0.15) is 0 Å². The average Bonchev–Trinajstić information content (AvgIpc) is 2.48. The quantitative estimate of drug-likeness (QED) is 0.894. The van der Waals surface area contributed by atoms with Crippen LogP contribution in [0.15, 0.2) is 10.7 Å². The van der Waals surface area contributed by atoms with E-state index in [0.717, 1.165) is 36.6 Å². The first-order valence-electron chi connectivity index (χ1n) is 7.25. The van der Waals surface area contributed by atoms with Gasteiger partial charge < -0.3 is 15.0 Å². The first-order valence-corrected chi connectivity index (χ1v) is 8.04. The number of methoxy groups -OCH3 is 1. The van der Waals surface area contributed by atoms with E-state index in [1.807, 2.05) is 0 Å². The van der Waals surface area contributed by atoms with Crippen molar-refractivity contribution in [3.8, 4) is 5.88 Å². The summed E-state index contributed by atoms with van der Waals surface area (Å²) in [6.07, 6.45) is 6.89. The third-order valence-electron chi connectivity index (χ3n) is 4.40. The number of hydrogen-bond acceptors (Lipinski definition) is 5. The zero-order valence-electron chi connectivity index (χ0n) is 11.9. The van der Waals surface area contributed by atoms with Crippen LogP contribution in [0.4, 0.5) is 5.95 Å². The van der Waals surface area contributed by atoms with Crippen molar-refractivity contribution in [2.75, 3.05) is 38.2 Å². The highest BCUT2D eigenvalue weighted by atomic mass is 79.9. The Hall–Kier alpha value is -0.880. The fourth-order valence-electron chi connectivity index (χ4n) is 3.40. The highest BCUT2D eigenvalue weighted by Crippen LogP contribution is 2.37. The van der Waals surface area contributed by atoms with Gasteiger partial charge in [-0.25, -0.2) is 4.98 Å². The predicted octanol–water partition coefficient (Wildman–Crippen LogP) is 2.22. The van der Waals surface area contributed by atoms with Crippen LogP contribution in [0, 0.1) is 5.41 Å². The topological polar surface area (TPSA) is 50.3 Å². The Morgan fingerprint density at radius 3 is 3.00 bits per heavy atom. The van der Waals surface area contributed by atoms with Crippen LogP contribution in [0.5, 0.6) is 5.88 Å². The molecule has 1 atom stereocenters. The summed E-state index contributed by atoms with van der Waals surface area (Å²) in [6, 6.07) is 0. The summed E-state index contributed by atoms with van der Waals surface area (Å²) in [7, 11) is 1.64. The van der Waals surface area contributed by atoms with Gasteiger partial charge >= 0.3 is 0 Å². The molecule has 6 heteroatoms. The van der Waals surface area contributed by atoms with Crippen molar-refractivity contribution in [2.45, 2.75) is 25.7 Å². The minimum Gasteiger partial charge on any atom is -0.480 e. The third-order valence-corrected chi connectivity index (χ3v) is 4.94. The van der Waals surface area contributed by atoms with Gasteiger partial charge in [0.2, 0.25) is 11.8 Å². The van der Waals surface area contributed by atoms with E-state index in [1.54, 1.807) is 13.3 Å². The van der Waals surface area contributed by atoms with Gasteiger partial charge in [-0.1, -0.05) is 0 Å². The average molecular weight is 341 g/mol. The Labute approximate surface area is 128 Å². The molecule has 110 valence electrons. The zero-order valence-corrected chi connectivity index (χ0v) is 13.4. The van der Waals surface area contributed by atoms with Gasteiger partial charge in [0, 0.05) is 25.0 Å². The van der Waals surface area contributed by atoms with Gasteiger partial charge in [-0.2, -0.15) is 4.98 Å². The number of nitrogens with zero attached hydrogens (tertiary/aromatic N) is 3. The van der Waals surface area contributed by atoms with Gasteiger partial charge in [0.25, 0.3) is 0 Å². The van der Waals surface area contributed by atoms with E-state index in [1.165, 1.54) is 25.7 Å². The molecule has 1 N–H and O–H groups in total. The summed E-state index contributed by atoms with van der Waals surface area (Å²) in [5, 5.41) is 3.55. The Bertz CT molecular complexity index is 471. The highest BCUT2D eigenvalue weighted by molar-refractivity contribution is 9.10. The molecule has 1 aromatic heterocycles. The predicted molar refractivity (Wildman–Crippen MR) is 82.3 cm³/mol. The Morgan fingerprint density at radius 1 is 1.40 bits per heavy atom. The van der Waals surface area contributed by atoms with Crippen LogP contribution in [0.1, 0.15) is 25.7 Å². The highest BCUT2D eigenvalue weighted by Gasteiger charge is 2.37. The second kappa shape index (κ2) is 5.85. The lowest BCUT2D eigenvalue weighted by Gasteiger charge is -2.45. The molecular weight excluding hydrogens is 320 g/mol. The van der Waals surface area contributed by atoms with Crippen molar-refractivity contribution in [3.05, 3.63) is 10.7 Å². The maximum atomic E-state index is 5.28. The normalized spacial score (nSPS) is 26.8. The molecule has 1 unspecified atom stereocenters. The minimum atomic E-state index is 0.403. The number of ether oxygens (including phenoxy) is 1. The Balaban J connectivity index is 1.79. The van der Waals surface area contributed by atoms with Crippen LogP contribution in [0.25, 0.3) is 0 Å². The zero-order chi connectivity index (χ0) is 14.0. The molecule has 0 amide bonds. The van der Waals surface area contributed by atoms with Crippen LogP contribution >= 0.6 is 15.9 Å². The maximum absolute atomic E-state index is 5.28. The van der Waals surface area contributed by atoms with Crippen molar-refractivity contribution >= 4 is 21.9 Å². The molecule has 0 aliphatic carbocycles. The van der Waals surface area contributed by atoms with Crippen LogP contribution in [0.2, 0.25) is 0 Å². The van der Waals surface area contributed by atoms with Crippen LogP contribution in [0.3, 0.4) is 0 Å². The van der Waals surface area contributed by atoms with Crippen molar-refractivity contribution in [3.63, 3.8) is 0 Å². The lowest BCUT2D eigenvalue weighted by atomic mass is 9.74. The van der Waals surface area contributed by atoms with Gasteiger partial charge in [-0.3, -0.25) is 0 Å². The summed E-state index contributed by atoms with van der Waals surface area (Å²) in [6.45, 7) is 4.36. The summed E-state index contributed by atoms with van der Waals surface area (Å²) in [4.78, 5) is 11.3. The summed E-state index contributed by atoms with van der Waals surface area (Å²) < 4.78 is 6.08. The molecular formula is C14H21BrN4O. The molecule has 2 aliphatic rings. The van der Waals surface area contributed by atoms with E-state index in [9.17, 15) is 0 Å². The van der Waals surface area contributed by atoms with Crippen LogP contribution in [-0.4, -0.2) is 43.3 Å². The molecule has 5 nitrogen and oxygen atoms in total. The first-order chi connectivity index (χ1) is 9.72. The SMILES string of the molecule is COc1nc(N2CCCC3(CCCNC3)C2)ncc1Br. The first kappa shape index (κ1) is 14.1. The molecule has 1 spiro atoms.